The molecular weight excluding hydrogens is 536 g/mol. The molecule has 0 spiro atoms. The lowest BCUT2D eigenvalue weighted by Crippen LogP contribution is -2.42. The Labute approximate surface area is 247 Å². The summed E-state index contributed by atoms with van der Waals surface area (Å²) >= 11 is 0. The van der Waals surface area contributed by atoms with Crippen molar-refractivity contribution in [2.24, 2.45) is 11.8 Å². The molecule has 0 radical (unpaired) electrons. The average molecular weight is 579 g/mol. The molecule has 5 rings (SSSR count). The second-order valence-corrected chi connectivity index (χ2v) is 11.8. The summed E-state index contributed by atoms with van der Waals surface area (Å²) in [6.45, 7) is 4.96. The topological polar surface area (TPSA) is 106 Å². The van der Waals surface area contributed by atoms with Crippen LogP contribution in [0.3, 0.4) is 0 Å². The standard InChI is InChI=1S/C33H42N2O7/c1-22(26-11-13-28-27(19-26)14-16-41-28)34(20-23-6-9-25(10-7-23)33(38)39)21-24-8-12-29(30(18-24)40-2)42-17-15-35-31(36)4-3-5-32(35)37/h8,11-13,18-19,22-23,25H,3-7,9-10,14-17,20-21H2,1-2H3,(H,38,39)/t22?,23-,25-. The number of ether oxygens (including phenoxy) is 3. The van der Waals surface area contributed by atoms with E-state index in [0.717, 1.165) is 56.6 Å². The minimum Gasteiger partial charge on any atom is -0.493 e. The van der Waals surface area contributed by atoms with Crippen LogP contribution in [0.2, 0.25) is 0 Å². The number of carbonyl (C=O) groups is 3. The molecule has 9 heteroatoms. The van der Waals surface area contributed by atoms with Gasteiger partial charge >= 0.3 is 5.97 Å². The molecule has 2 amide bonds. The first-order valence-electron chi connectivity index (χ1n) is 15.2. The summed E-state index contributed by atoms with van der Waals surface area (Å²) in [5.74, 6) is 1.40. The number of methoxy groups -OCH3 is 1. The summed E-state index contributed by atoms with van der Waals surface area (Å²) in [5, 5.41) is 9.46. The molecule has 0 bridgehead atoms. The molecule has 9 nitrogen and oxygen atoms in total. The highest BCUT2D eigenvalue weighted by Crippen LogP contribution is 2.36. The summed E-state index contributed by atoms with van der Waals surface area (Å²) in [6.07, 6.45) is 5.63. The maximum atomic E-state index is 12.1. The first-order chi connectivity index (χ1) is 20.3. The van der Waals surface area contributed by atoms with Crippen LogP contribution in [0, 0.1) is 11.8 Å². The molecule has 1 atom stereocenters. The van der Waals surface area contributed by atoms with Gasteiger partial charge in [0.2, 0.25) is 11.8 Å². The van der Waals surface area contributed by atoms with Crippen molar-refractivity contribution in [3.63, 3.8) is 0 Å². The lowest BCUT2D eigenvalue weighted by Gasteiger charge is -2.35. The molecular formula is C33H42N2O7. The molecule has 3 aliphatic rings. The van der Waals surface area contributed by atoms with Gasteiger partial charge in [0.15, 0.2) is 11.5 Å². The van der Waals surface area contributed by atoms with E-state index in [4.69, 9.17) is 14.2 Å². The van der Waals surface area contributed by atoms with Gasteiger partial charge in [0.25, 0.3) is 0 Å². The maximum Gasteiger partial charge on any atom is 0.306 e. The van der Waals surface area contributed by atoms with Crippen molar-refractivity contribution in [3.8, 4) is 17.2 Å². The lowest BCUT2D eigenvalue weighted by molar-refractivity contribution is -0.148. The normalized spacial score (nSPS) is 21.2. The quantitative estimate of drug-likeness (QED) is 0.351. The number of benzene rings is 2. The Balaban J connectivity index is 1.28. The van der Waals surface area contributed by atoms with Crippen LogP contribution in [0.4, 0.5) is 0 Å². The number of aliphatic carboxylic acids is 1. The summed E-state index contributed by atoms with van der Waals surface area (Å²) in [4.78, 5) is 39.5. The Kier molecular flexibility index (Phi) is 9.67. The van der Waals surface area contributed by atoms with Crippen molar-refractivity contribution >= 4 is 17.8 Å². The molecule has 1 unspecified atom stereocenters. The number of amides is 2. The molecule has 2 heterocycles. The molecule has 2 aromatic carbocycles. The van der Waals surface area contributed by atoms with E-state index in [-0.39, 0.29) is 36.9 Å². The summed E-state index contributed by atoms with van der Waals surface area (Å²) in [6, 6.07) is 12.5. The smallest absolute Gasteiger partial charge is 0.306 e. The lowest BCUT2D eigenvalue weighted by atomic mass is 9.81. The zero-order valence-electron chi connectivity index (χ0n) is 24.7. The van der Waals surface area contributed by atoms with Gasteiger partial charge in [0, 0.05) is 38.4 Å². The number of rotatable bonds is 12. The molecule has 1 N–H and O–H groups in total. The Bertz CT molecular complexity index is 1270. The number of hydrogen-bond acceptors (Lipinski definition) is 7. The summed E-state index contributed by atoms with van der Waals surface area (Å²) in [5.41, 5.74) is 3.57. The zero-order chi connectivity index (χ0) is 29.6. The highest BCUT2D eigenvalue weighted by molar-refractivity contribution is 5.97. The fraction of sp³-hybridized carbons (Fsp3) is 0.545. The van der Waals surface area contributed by atoms with Crippen molar-refractivity contribution in [2.45, 2.75) is 70.9 Å². The van der Waals surface area contributed by atoms with Crippen LogP contribution in [0.15, 0.2) is 36.4 Å². The van der Waals surface area contributed by atoms with Crippen LogP contribution >= 0.6 is 0 Å². The van der Waals surface area contributed by atoms with Crippen LogP contribution in [0.5, 0.6) is 17.2 Å². The largest absolute Gasteiger partial charge is 0.493 e. The average Bonchev–Trinajstić information content (AvgIpc) is 3.47. The molecule has 1 saturated carbocycles. The van der Waals surface area contributed by atoms with E-state index in [0.29, 0.717) is 43.2 Å². The molecule has 1 saturated heterocycles. The SMILES string of the molecule is COc1cc(CN(C[C@H]2CC[C@H](C(=O)O)CC2)C(C)c2ccc3c(c2)CCO3)ccc1OCCN1C(=O)CCCC1=O. The van der Waals surface area contributed by atoms with E-state index in [9.17, 15) is 19.5 Å². The molecule has 226 valence electrons. The highest BCUT2D eigenvalue weighted by atomic mass is 16.5. The zero-order valence-corrected chi connectivity index (χ0v) is 24.7. The second kappa shape index (κ2) is 13.6. The Morgan fingerprint density at radius 3 is 2.52 bits per heavy atom. The number of imide groups is 1. The molecule has 0 aromatic heterocycles. The van der Waals surface area contributed by atoms with E-state index < -0.39 is 5.97 Å². The number of carboxylic acid groups (broad SMARTS) is 1. The molecule has 2 fully saturated rings. The van der Waals surface area contributed by atoms with Crippen molar-refractivity contribution in [2.75, 3.05) is 33.4 Å². The molecule has 1 aliphatic carbocycles. The third kappa shape index (κ3) is 7.06. The third-order valence-electron chi connectivity index (χ3n) is 9.00. The number of carboxylic acids is 1. The van der Waals surface area contributed by atoms with Crippen LogP contribution < -0.4 is 14.2 Å². The van der Waals surface area contributed by atoms with Crippen LogP contribution in [0.1, 0.15) is 74.6 Å². The van der Waals surface area contributed by atoms with Crippen molar-refractivity contribution in [1.82, 2.24) is 9.80 Å². The first-order valence-corrected chi connectivity index (χ1v) is 15.2. The Morgan fingerprint density at radius 1 is 1.05 bits per heavy atom. The van der Waals surface area contributed by atoms with E-state index in [1.54, 1.807) is 7.11 Å². The van der Waals surface area contributed by atoms with Crippen LogP contribution in [-0.4, -0.2) is 66.1 Å². The van der Waals surface area contributed by atoms with Crippen molar-refractivity contribution in [3.05, 3.63) is 53.1 Å². The van der Waals surface area contributed by atoms with E-state index in [1.165, 1.54) is 16.0 Å². The Morgan fingerprint density at radius 2 is 1.81 bits per heavy atom. The van der Waals surface area contributed by atoms with Gasteiger partial charge in [-0.25, -0.2) is 0 Å². The van der Waals surface area contributed by atoms with Gasteiger partial charge in [-0.2, -0.15) is 0 Å². The van der Waals surface area contributed by atoms with Gasteiger partial charge in [0.05, 0.1) is 26.2 Å². The summed E-state index contributed by atoms with van der Waals surface area (Å²) in [7, 11) is 1.61. The maximum absolute atomic E-state index is 12.1. The molecule has 42 heavy (non-hydrogen) atoms. The first kappa shape index (κ1) is 29.9. The predicted molar refractivity (Wildman–Crippen MR) is 157 cm³/mol. The van der Waals surface area contributed by atoms with Gasteiger partial charge in [-0.1, -0.05) is 18.2 Å². The minimum atomic E-state index is -0.678. The van der Waals surface area contributed by atoms with Crippen LogP contribution in [-0.2, 0) is 27.3 Å². The van der Waals surface area contributed by atoms with Gasteiger partial charge in [0.1, 0.15) is 12.4 Å². The predicted octanol–water partition coefficient (Wildman–Crippen LogP) is 5.00. The number of hydrogen-bond donors (Lipinski definition) is 1. The molecule has 2 aromatic rings. The minimum absolute atomic E-state index is 0.140. The van der Waals surface area contributed by atoms with Gasteiger partial charge < -0.3 is 19.3 Å². The van der Waals surface area contributed by atoms with E-state index in [2.05, 4.69) is 30.0 Å². The van der Waals surface area contributed by atoms with Crippen LogP contribution in [0.25, 0.3) is 0 Å². The fourth-order valence-corrected chi connectivity index (χ4v) is 6.42. The van der Waals surface area contributed by atoms with E-state index in [1.807, 2.05) is 18.2 Å². The summed E-state index contributed by atoms with van der Waals surface area (Å²) < 4.78 is 17.4. The molecule has 2 aliphatic heterocycles. The third-order valence-corrected chi connectivity index (χ3v) is 9.00. The van der Waals surface area contributed by atoms with E-state index >= 15 is 0 Å². The second-order valence-electron chi connectivity index (χ2n) is 11.8. The van der Waals surface area contributed by atoms with Gasteiger partial charge in [-0.15, -0.1) is 0 Å². The van der Waals surface area contributed by atoms with Crippen molar-refractivity contribution in [1.29, 1.82) is 0 Å². The number of fused-ring (bicyclic) bond motifs is 1. The van der Waals surface area contributed by atoms with Gasteiger partial charge in [-0.05, 0) is 79.8 Å². The number of likely N-dealkylation sites (tertiary alicyclic amines) is 1. The Hall–Kier alpha value is -3.59. The number of nitrogens with zero attached hydrogens (tertiary/aromatic N) is 2. The number of carbonyl (C=O) groups excluding carboxylic acids is 2. The highest BCUT2D eigenvalue weighted by Gasteiger charge is 2.29. The van der Waals surface area contributed by atoms with Gasteiger partial charge in [-0.3, -0.25) is 24.2 Å². The monoisotopic (exact) mass is 578 g/mol. The number of piperidine rings is 1. The van der Waals surface area contributed by atoms with Crippen molar-refractivity contribution < 1.29 is 33.7 Å². The fourth-order valence-electron chi connectivity index (χ4n) is 6.42.